The highest BCUT2D eigenvalue weighted by Crippen LogP contribution is 2.39. The molecule has 2 heterocycles. The Labute approximate surface area is 329 Å². The van der Waals surface area contributed by atoms with E-state index in [-0.39, 0.29) is 46.6 Å². The maximum Gasteiger partial charge on any atom is 0.270 e. The van der Waals surface area contributed by atoms with Crippen LogP contribution in [0.25, 0.3) is 0 Å². The van der Waals surface area contributed by atoms with Gasteiger partial charge in [-0.15, -0.1) is 24.0 Å². The number of isothiocyanates is 1. The number of nitrogens with two attached hydrogens (primary N) is 3. The summed E-state index contributed by atoms with van der Waals surface area (Å²) in [5.41, 5.74) is 15.6. The minimum atomic E-state index is -1.04. The third kappa shape index (κ3) is 11.8. The molecule has 3 aromatic carbocycles. The Hall–Kier alpha value is -3.93. The van der Waals surface area contributed by atoms with Gasteiger partial charge < -0.3 is 17.2 Å². The highest BCUT2D eigenvalue weighted by atomic mass is 35.5. The standard InChI is InChI=1S/C11H10ClFN2O2S.C11H12FN3O2S.C11H14FN3S.ClH/c1-11(4-5-12,14-7-18)9-6-8(15(16)17)2-3-10(9)13;1-11(4-5-18-10(13)14-11)8-6-7(15(16)17)2-3-9(8)12;1-11(4-5-16-10(14)15-11)8-6-7(13)2-3-9(8)12;/h2-3,6H,4-5H2,1H3;2-3,6H,4-5H2,1H3,(H2,13,14);2-3,6H,4-5,13H2,1H3,(H2,14,15);1H/t3*11-;/m000./s1. The van der Waals surface area contributed by atoms with Gasteiger partial charge in [-0.2, -0.15) is 0 Å². The molecule has 2 aliphatic rings. The van der Waals surface area contributed by atoms with Crippen molar-refractivity contribution < 1.29 is 23.0 Å². The number of benzene rings is 3. The van der Waals surface area contributed by atoms with Gasteiger partial charge in [-0.1, -0.05) is 23.5 Å². The van der Waals surface area contributed by atoms with Crippen LogP contribution in [0.15, 0.2) is 69.6 Å². The summed E-state index contributed by atoms with van der Waals surface area (Å²) in [6, 6.07) is 11.3. The van der Waals surface area contributed by atoms with E-state index >= 15 is 0 Å². The van der Waals surface area contributed by atoms with Gasteiger partial charge in [-0.25, -0.2) is 18.2 Å². The molecule has 5 rings (SSSR count). The van der Waals surface area contributed by atoms with Gasteiger partial charge in [0.2, 0.25) is 0 Å². The molecule has 0 saturated carbocycles. The molecule has 6 N–H and O–H groups in total. The minimum absolute atomic E-state index is 0. The SMILES string of the molecule is C[C@@](CCCl)(N=C=S)c1cc([N+](=O)[O-])ccc1F.C[C@@]1(c2cc(N)ccc2F)CCSC(N)=N1.C[C@@]1(c2cc([N+](=O)[O-])ccc2F)CCSC(N)=N1.Cl. The van der Waals surface area contributed by atoms with Gasteiger partial charge in [0.1, 0.15) is 17.5 Å². The monoisotopic (exact) mass is 832 g/mol. The number of hydrogen-bond acceptors (Lipinski definition) is 13. The fourth-order valence-electron chi connectivity index (χ4n) is 5.33. The van der Waals surface area contributed by atoms with Gasteiger partial charge in [-0.05, 0) is 82.6 Å². The number of anilines is 1. The van der Waals surface area contributed by atoms with Crippen LogP contribution in [0.3, 0.4) is 0 Å². The first kappa shape index (κ1) is 45.2. The zero-order chi connectivity index (χ0) is 38.9. The first-order valence-electron chi connectivity index (χ1n) is 15.4. The molecule has 3 aromatic rings. The van der Waals surface area contributed by atoms with Gasteiger partial charge in [0.05, 0.1) is 31.6 Å². The number of thioether (sulfide) groups is 2. The number of nitrogens with zero attached hydrogens (tertiary/aromatic N) is 5. The van der Waals surface area contributed by atoms with Gasteiger partial charge in [0.25, 0.3) is 11.4 Å². The Kier molecular flexibility index (Phi) is 16.6. The van der Waals surface area contributed by atoms with Gasteiger partial charge in [0.15, 0.2) is 10.3 Å². The number of rotatable bonds is 8. The number of nitro groups is 2. The lowest BCUT2D eigenvalue weighted by Crippen LogP contribution is -2.29. The van der Waals surface area contributed by atoms with Crippen LogP contribution in [0.2, 0.25) is 0 Å². The summed E-state index contributed by atoms with van der Waals surface area (Å²) in [6.07, 6.45) is 1.66. The molecule has 0 radical (unpaired) electrons. The lowest BCUT2D eigenvalue weighted by molar-refractivity contribution is -0.385. The van der Waals surface area contributed by atoms with Crippen molar-refractivity contribution in [1.29, 1.82) is 0 Å². The second kappa shape index (κ2) is 19.4. The third-order valence-electron chi connectivity index (χ3n) is 8.32. The summed E-state index contributed by atoms with van der Waals surface area (Å²) in [4.78, 5) is 32.8. The van der Waals surface area contributed by atoms with Crippen LogP contribution >= 0.6 is 59.7 Å². The second-order valence-corrected chi connectivity index (χ2v) is 14.9. The zero-order valence-corrected chi connectivity index (χ0v) is 32.7. The average Bonchev–Trinajstić information content (AvgIpc) is 3.06. The Morgan fingerprint density at radius 1 is 0.868 bits per heavy atom. The maximum absolute atomic E-state index is 13.9. The Morgan fingerprint density at radius 2 is 1.32 bits per heavy atom. The summed E-state index contributed by atoms with van der Waals surface area (Å²) in [7, 11) is 0. The quantitative estimate of drug-likeness (QED) is 0.0493. The molecule has 0 aliphatic carbocycles. The van der Waals surface area contributed by atoms with Crippen LogP contribution in [0.4, 0.5) is 30.2 Å². The van der Waals surface area contributed by atoms with Crippen LogP contribution in [0, 0.1) is 37.7 Å². The highest BCUT2D eigenvalue weighted by Gasteiger charge is 2.34. The van der Waals surface area contributed by atoms with Gasteiger partial charge in [-0.3, -0.25) is 30.2 Å². The van der Waals surface area contributed by atoms with Crippen molar-refractivity contribution in [3.8, 4) is 0 Å². The highest BCUT2D eigenvalue weighted by molar-refractivity contribution is 8.14. The number of amidine groups is 2. The average molecular weight is 834 g/mol. The summed E-state index contributed by atoms with van der Waals surface area (Å²) in [5.74, 6) is 0.432. The van der Waals surface area contributed by atoms with Crippen molar-refractivity contribution in [1.82, 2.24) is 0 Å². The van der Waals surface area contributed by atoms with Crippen molar-refractivity contribution in [3.63, 3.8) is 0 Å². The molecule has 0 bridgehead atoms. The van der Waals surface area contributed by atoms with E-state index in [1.54, 1.807) is 26.0 Å². The summed E-state index contributed by atoms with van der Waals surface area (Å²) in [6.45, 7) is 5.23. The smallest absolute Gasteiger partial charge is 0.270 e. The van der Waals surface area contributed by atoms with Crippen molar-refractivity contribution in [3.05, 3.63) is 109 Å². The van der Waals surface area contributed by atoms with Crippen molar-refractivity contribution in [2.45, 2.75) is 56.7 Å². The number of nitrogen functional groups attached to an aromatic ring is 1. The maximum atomic E-state index is 13.9. The van der Waals surface area contributed by atoms with Crippen LogP contribution < -0.4 is 17.2 Å². The summed E-state index contributed by atoms with van der Waals surface area (Å²) in [5, 5.41) is 24.5. The molecule has 2 aliphatic heterocycles. The number of nitro benzene ring substituents is 2. The van der Waals surface area contributed by atoms with E-state index in [4.69, 9.17) is 28.8 Å². The fourth-order valence-corrected chi connectivity index (χ4v) is 7.85. The predicted octanol–water partition coefficient (Wildman–Crippen LogP) is 8.58. The summed E-state index contributed by atoms with van der Waals surface area (Å²) < 4.78 is 41.4. The van der Waals surface area contributed by atoms with E-state index < -0.39 is 38.1 Å². The number of alkyl halides is 1. The summed E-state index contributed by atoms with van der Waals surface area (Å²) >= 11 is 13.1. The van der Waals surface area contributed by atoms with E-state index in [1.165, 1.54) is 35.7 Å². The zero-order valence-electron chi connectivity index (χ0n) is 28.7. The molecule has 53 heavy (non-hydrogen) atoms. The number of hydrogen-bond donors (Lipinski definition) is 3. The molecule has 3 atom stereocenters. The minimum Gasteiger partial charge on any atom is -0.399 e. The molecule has 0 aromatic heterocycles. The van der Waals surface area contributed by atoms with Crippen LogP contribution in [-0.4, -0.2) is 42.7 Å². The molecule has 0 amide bonds. The van der Waals surface area contributed by atoms with Gasteiger partial charge >= 0.3 is 0 Å². The molecule has 0 spiro atoms. The van der Waals surface area contributed by atoms with Crippen LogP contribution in [-0.2, 0) is 16.6 Å². The third-order valence-corrected chi connectivity index (χ3v) is 10.2. The Morgan fingerprint density at radius 3 is 1.77 bits per heavy atom. The Bertz CT molecular complexity index is 1940. The van der Waals surface area contributed by atoms with E-state index in [1.807, 2.05) is 6.92 Å². The molecule has 286 valence electrons. The topological polar surface area (TPSA) is 201 Å². The van der Waals surface area contributed by atoms with Crippen LogP contribution in [0.5, 0.6) is 0 Å². The van der Waals surface area contributed by atoms with Crippen LogP contribution in [0.1, 0.15) is 56.7 Å². The number of thiocarbonyl (C=S) groups is 1. The fraction of sp³-hybridized carbons (Fsp3) is 0.364. The van der Waals surface area contributed by atoms with E-state index in [9.17, 15) is 33.4 Å². The number of non-ortho nitro benzene ring substituents is 2. The second-order valence-electron chi connectivity index (χ2n) is 12.1. The predicted molar refractivity (Wildman–Crippen MR) is 214 cm³/mol. The lowest BCUT2D eigenvalue weighted by Gasteiger charge is -2.30. The first-order valence-corrected chi connectivity index (χ1v) is 18.3. The normalized spacial score (nSPS) is 20.2. The van der Waals surface area contributed by atoms with Crippen molar-refractivity contribution >= 4 is 92.3 Å². The van der Waals surface area contributed by atoms with E-state index in [2.05, 4.69) is 32.4 Å². The molecule has 20 heteroatoms. The van der Waals surface area contributed by atoms with Crippen molar-refractivity contribution in [2.75, 3.05) is 23.1 Å². The lowest BCUT2D eigenvalue weighted by atomic mass is 9.89. The van der Waals surface area contributed by atoms with Gasteiger partial charge in [0, 0.05) is 64.0 Å². The molecule has 12 nitrogen and oxygen atoms in total. The molecule has 0 fully saturated rings. The molecule has 0 saturated heterocycles. The first-order chi connectivity index (χ1) is 24.4. The molecule has 0 unspecified atom stereocenters. The van der Waals surface area contributed by atoms with E-state index in [0.717, 1.165) is 42.5 Å². The van der Waals surface area contributed by atoms with E-state index in [0.29, 0.717) is 40.2 Å². The Balaban J connectivity index is 0.000000273. The number of aliphatic imine (C=N–C) groups is 3. The molecular formula is C33H37Cl2F3N8O4S3. The molecular weight excluding hydrogens is 797 g/mol. The number of halogens is 5. The largest absolute Gasteiger partial charge is 0.399 e. The van der Waals surface area contributed by atoms with Crippen molar-refractivity contribution in [2.24, 2.45) is 26.4 Å².